The molecule has 2 aromatic rings. The Balaban J connectivity index is 1.72. The second kappa shape index (κ2) is 7.95. The SMILES string of the molecule is COc1ccccc1C[C@@]1(C)NC(=O)N(CC(=O)Nc2ccc(C)cc2C)C1=O. The number of carbonyl (C=O) groups excluding carboxylic acids is 3. The highest BCUT2D eigenvalue weighted by molar-refractivity contribution is 6.10. The van der Waals surface area contributed by atoms with Gasteiger partial charge in [0.05, 0.1) is 7.11 Å². The van der Waals surface area contributed by atoms with Crippen molar-refractivity contribution in [1.82, 2.24) is 10.2 Å². The Labute approximate surface area is 170 Å². The van der Waals surface area contributed by atoms with E-state index < -0.39 is 23.4 Å². The predicted molar refractivity (Wildman–Crippen MR) is 110 cm³/mol. The first-order valence-corrected chi connectivity index (χ1v) is 9.36. The quantitative estimate of drug-likeness (QED) is 0.737. The van der Waals surface area contributed by atoms with E-state index >= 15 is 0 Å². The van der Waals surface area contributed by atoms with Crippen molar-refractivity contribution in [2.45, 2.75) is 32.7 Å². The number of nitrogens with zero attached hydrogens (tertiary/aromatic N) is 1. The lowest BCUT2D eigenvalue weighted by molar-refractivity contribution is -0.133. The molecule has 0 bridgehead atoms. The number of hydrogen-bond donors (Lipinski definition) is 2. The molecule has 1 atom stereocenters. The smallest absolute Gasteiger partial charge is 0.325 e. The number of carbonyl (C=O) groups is 3. The van der Waals surface area contributed by atoms with Gasteiger partial charge < -0.3 is 15.4 Å². The first kappa shape index (κ1) is 20.4. The van der Waals surface area contributed by atoms with Gasteiger partial charge >= 0.3 is 6.03 Å². The monoisotopic (exact) mass is 395 g/mol. The Morgan fingerprint density at radius 2 is 1.90 bits per heavy atom. The summed E-state index contributed by atoms with van der Waals surface area (Å²) in [6.45, 7) is 5.16. The van der Waals surface area contributed by atoms with Crippen molar-refractivity contribution in [3.63, 3.8) is 0 Å². The van der Waals surface area contributed by atoms with Crippen LogP contribution in [-0.4, -0.2) is 41.9 Å². The molecule has 29 heavy (non-hydrogen) atoms. The van der Waals surface area contributed by atoms with Crippen LogP contribution in [0.5, 0.6) is 5.75 Å². The Hall–Kier alpha value is -3.35. The predicted octanol–water partition coefficient (Wildman–Crippen LogP) is 2.80. The van der Waals surface area contributed by atoms with E-state index in [1.807, 2.05) is 44.2 Å². The summed E-state index contributed by atoms with van der Waals surface area (Å²) in [4.78, 5) is 38.8. The Morgan fingerprint density at radius 1 is 1.17 bits per heavy atom. The third kappa shape index (κ3) is 4.23. The number of rotatable bonds is 6. The number of nitrogens with one attached hydrogen (secondary N) is 2. The van der Waals surface area contributed by atoms with Gasteiger partial charge in [-0.2, -0.15) is 0 Å². The third-order valence-corrected chi connectivity index (χ3v) is 5.04. The molecule has 1 aliphatic rings. The van der Waals surface area contributed by atoms with Gasteiger partial charge in [-0.1, -0.05) is 35.9 Å². The molecular weight excluding hydrogens is 370 g/mol. The van der Waals surface area contributed by atoms with Gasteiger partial charge in [0.25, 0.3) is 5.91 Å². The number of urea groups is 1. The molecule has 1 saturated heterocycles. The van der Waals surface area contributed by atoms with Crippen LogP contribution < -0.4 is 15.4 Å². The summed E-state index contributed by atoms with van der Waals surface area (Å²) in [5.74, 6) is -0.229. The van der Waals surface area contributed by atoms with Gasteiger partial charge in [0, 0.05) is 12.1 Å². The summed E-state index contributed by atoms with van der Waals surface area (Å²) in [6.07, 6.45) is 0.261. The molecule has 4 amide bonds. The molecule has 7 nitrogen and oxygen atoms in total. The van der Waals surface area contributed by atoms with Crippen molar-refractivity contribution >= 4 is 23.5 Å². The first-order chi connectivity index (χ1) is 13.7. The maximum atomic E-state index is 13.0. The molecule has 2 aromatic carbocycles. The van der Waals surface area contributed by atoms with Gasteiger partial charge in [0.15, 0.2) is 0 Å². The molecule has 0 spiro atoms. The Morgan fingerprint density at radius 3 is 2.59 bits per heavy atom. The molecule has 2 N–H and O–H groups in total. The van der Waals surface area contributed by atoms with Crippen LogP contribution in [-0.2, 0) is 16.0 Å². The third-order valence-electron chi connectivity index (χ3n) is 5.04. The maximum absolute atomic E-state index is 13.0. The zero-order chi connectivity index (χ0) is 21.2. The Kier molecular flexibility index (Phi) is 5.59. The number of para-hydroxylation sites is 1. The average molecular weight is 395 g/mol. The van der Waals surface area contributed by atoms with Crippen molar-refractivity contribution in [2.75, 3.05) is 19.0 Å². The maximum Gasteiger partial charge on any atom is 0.325 e. The number of ether oxygens (including phenoxy) is 1. The number of hydrogen-bond acceptors (Lipinski definition) is 4. The first-order valence-electron chi connectivity index (χ1n) is 9.36. The topological polar surface area (TPSA) is 87.7 Å². The minimum absolute atomic E-state index is 0.261. The minimum Gasteiger partial charge on any atom is -0.496 e. The Bertz CT molecular complexity index is 972. The number of aryl methyl sites for hydroxylation is 2. The molecule has 3 rings (SSSR count). The van der Waals surface area contributed by atoms with E-state index in [9.17, 15) is 14.4 Å². The van der Waals surface area contributed by atoms with Crippen molar-refractivity contribution in [3.8, 4) is 5.75 Å². The lowest BCUT2D eigenvalue weighted by Crippen LogP contribution is -2.46. The number of methoxy groups -OCH3 is 1. The minimum atomic E-state index is -1.15. The average Bonchev–Trinajstić information content (AvgIpc) is 2.87. The van der Waals surface area contributed by atoms with E-state index in [0.29, 0.717) is 11.4 Å². The van der Waals surface area contributed by atoms with Crippen molar-refractivity contribution in [2.24, 2.45) is 0 Å². The normalized spacial score (nSPS) is 18.6. The highest BCUT2D eigenvalue weighted by Gasteiger charge is 2.48. The van der Waals surface area contributed by atoms with Crippen LogP contribution in [0.25, 0.3) is 0 Å². The summed E-state index contributed by atoms with van der Waals surface area (Å²) in [7, 11) is 1.56. The van der Waals surface area contributed by atoms with Crippen LogP contribution in [0.2, 0.25) is 0 Å². The lowest BCUT2D eigenvalue weighted by atomic mass is 9.92. The summed E-state index contributed by atoms with van der Waals surface area (Å²) in [5, 5.41) is 5.49. The second-order valence-corrected chi connectivity index (χ2v) is 7.51. The molecule has 0 radical (unpaired) electrons. The number of amides is 4. The molecule has 1 fully saturated rings. The van der Waals surface area contributed by atoms with Gasteiger partial charge in [0.2, 0.25) is 5.91 Å². The fourth-order valence-corrected chi connectivity index (χ4v) is 3.53. The van der Waals surface area contributed by atoms with Gasteiger partial charge in [-0.3, -0.25) is 14.5 Å². The van der Waals surface area contributed by atoms with Gasteiger partial charge in [0.1, 0.15) is 17.8 Å². The van der Waals surface area contributed by atoms with Crippen molar-refractivity contribution in [3.05, 3.63) is 59.2 Å². The molecule has 152 valence electrons. The fraction of sp³-hybridized carbons (Fsp3) is 0.318. The zero-order valence-corrected chi connectivity index (χ0v) is 17.0. The molecule has 0 unspecified atom stereocenters. The van der Waals surface area contributed by atoms with Gasteiger partial charge in [-0.05, 0) is 44.0 Å². The van der Waals surface area contributed by atoms with E-state index in [0.717, 1.165) is 21.6 Å². The van der Waals surface area contributed by atoms with Crippen LogP contribution >= 0.6 is 0 Å². The highest BCUT2D eigenvalue weighted by atomic mass is 16.5. The molecular formula is C22H25N3O4. The van der Waals surface area contributed by atoms with Crippen LogP contribution in [0.1, 0.15) is 23.6 Å². The second-order valence-electron chi connectivity index (χ2n) is 7.51. The van der Waals surface area contributed by atoms with Crippen LogP contribution in [0, 0.1) is 13.8 Å². The van der Waals surface area contributed by atoms with Gasteiger partial charge in [-0.15, -0.1) is 0 Å². The summed E-state index contributed by atoms with van der Waals surface area (Å²) < 4.78 is 5.34. The lowest BCUT2D eigenvalue weighted by Gasteiger charge is -2.22. The number of benzene rings is 2. The van der Waals surface area contributed by atoms with E-state index in [1.54, 1.807) is 26.2 Å². The molecule has 1 heterocycles. The fourth-order valence-electron chi connectivity index (χ4n) is 3.53. The molecule has 7 heteroatoms. The summed E-state index contributed by atoms with van der Waals surface area (Å²) in [5.41, 5.74) is 2.31. The van der Waals surface area contributed by atoms with Gasteiger partial charge in [-0.25, -0.2) is 4.79 Å². The van der Waals surface area contributed by atoms with E-state index in [2.05, 4.69) is 10.6 Å². The van der Waals surface area contributed by atoms with Crippen molar-refractivity contribution in [1.29, 1.82) is 0 Å². The van der Waals surface area contributed by atoms with Crippen LogP contribution in [0.3, 0.4) is 0 Å². The van der Waals surface area contributed by atoms with E-state index in [-0.39, 0.29) is 13.0 Å². The summed E-state index contributed by atoms with van der Waals surface area (Å²) >= 11 is 0. The van der Waals surface area contributed by atoms with Crippen molar-refractivity contribution < 1.29 is 19.1 Å². The van der Waals surface area contributed by atoms with E-state index in [4.69, 9.17) is 4.74 Å². The standard InChI is InChI=1S/C22H25N3O4/c1-14-9-10-17(15(2)11-14)23-19(26)13-25-20(27)22(3,24-21(25)28)12-16-7-5-6-8-18(16)29-4/h5-11H,12-13H2,1-4H3,(H,23,26)(H,24,28)/t22-/m1/s1. The van der Waals surface area contributed by atoms with Crippen LogP contribution in [0.15, 0.2) is 42.5 Å². The number of imide groups is 1. The summed E-state index contributed by atoms with van der Waals surface area (Å²) in [6, 6.07) is 12.4. The molecule has 1 aliphatic heterocycles. The number of anilines is 1. The molecule has 0 saturated carbocycles. The van der Waals surface area contributed by atoms with Crippen LogP contribution in [0.4, 0.5) is 10.5 Å². The molecule has 0 aromatic heterocycles. The van der Waals surface area contributed by atoms with E-state index in [1.165, 1.54) is 0 Å². The molecule has 0 aliphatic carbocycles. The zero-order valence-electron chi connectivity index (χ0n) is 17.0. The largest absolute Gasteiger partial charge is 0.496 e. The highest BCUT2D eigenvalue weighted by Crippen LogP contribution is 2.27.